The second-order valence-electron chi connectivity index (χ2n) is 5.49. The van der Waals surface area contributed by atoms with Crippen molar-refractivity contribution < 1.29 is 24.0 Å². The van der Waals surface area contributed by atoms with Gasteiger partial charge in [0.1, 0.15) is 16.8 Å². The molecule has 9 heteroatoms. The Morgan fingerprint density at radius 1 is 1.15 bits per heavy atom. The van der Waals surface area contributed by atoms with Crippen molar-refractivity contribution in [2.75, 3.05) is 0 Å². The summed E-state index contributed by atoms with van der Waals surface area (Å²) >= 11 is 5.77. The summed E-state index contributed by atoms with van der Waals surface area (Å²) in [6.07, 6.45) is 0. The molecule has 2 amide bonds. The number of amides is 2. The highest BCUT2D eigenvalue weighted by molar-refractivity contribution is 6.32. The number of nitro groups is 1. The third kappa shape index (κ3) is 2.91. The van der Waals surface area contributed by atoms with Crippen molar-refractivity contribution >= 4 is 35.1 Å². The monoisotopic (exact) mass is 374 g/mol. The van der Waals surface area contributed by atoms with Crippen molar-refractivity contribution in [1.82, 2.24) is 4.90 Å². The average Bonchev–Trinajstić information content (AvgIpc) is 2.85. The smallest absolute Gasteiger partial charge is 0.334 e. The molecule has 0 saturated carbocycles. The van der Waals surface area contributed by atoms with Crippen LogP contribution in [0.5, 0.6) is 5.75 Å². The van der Waals surface area contributed by atoms with E-state index in [0.29, 0.717) is 0 Å². The summed E-state index contributed by atoms with van der Waals surface area (Å²) in [7, 11) is 0. The third-order valence-corrected chi connectivity index (χ3v) is 4.19. The number of ether oxygens (including phenoxy) is 1. The number of nitrogens with zero attached hydrogens (tertiary/aromatic N) is 2. The summed E-state index contributed by atoms with van der Waals surface area (Å²) in [6, 6.07) is 8.48. The van der Waals surface area contributed by atoms with E-state index in [-0.39, 0.29) is 27.6 Å². The van der Waals surface area contributed by atoms with Crippen LogP contribution in [0.15, 0.2) is 42.5 Å². The molecule has 26 heavy (non-hydrogen) atoms. The minimum Gasteiger partial charge on any atom is -0.425 e. The van der Waals surface area contributed by atoms with Crippen LogP contribution < -0.4 is 4.74 Å². The first-order valence-corrected chi connectivity index (χ1v) is 7.81. The molecule has 0 aromatic heterocycles. The van der Waals surface area contributed by atoms with E-state index in [0.717, 1.165) is 17.0 Å². The molecule has 0 N–H and O–H groups in total. The van der Waals surface area contributed by atoms with Gasteiger partial charge in [-0.1, -0.05) is 23.7 Å². The Morgan fingerprint density at radius 2 is 1.73 bits per heavy atom. The van der Waals surface area contributed by atoms with Crippen molar-refractivity contribution in [3.63, 3.8) is 0 Å². The maximum Gasteiger partial charge on any atom is 0.334 e. The minimum atomic E-state index is -1.18. The zero-order chi connectivity index (χ0) is 19.0. The maximum absolute atomic E-state index is 12.4. The fourth-order valence-corrected chi connectivity index (χ4v) is 2.81. The van der Waals surface area contributed by atoms with Crippen LogP contribution in [0.3, 0.4) is 0 Å². The van der Waals surface area contributed by atoms with E-state index in [1.807, 2.05) is 0 Å². The molecule has 1 atom stereocenters. The lowest BCUT2D eigenvalue weighted by Crippen LogP contribution is -2.44. The summed E-state index contributed by atoms with van der Waals surface area (Å²) in [5, 5.41) is 10.5. The van der Waals surface area contributed by atoms with Crippen LogP contribution in [0, 0.1) is 10.1 Å². The van der Waals surface area contributed by atoms with E-state index in [1.54, 1.807) is 12.1 Å². The van der Waals surface area contributed by atoms with Crippen molar-refractivity contribution in [3.8, 4) is 5.75 Å². The lowest BCUT2D eigenvalue weighted by Gasteiger charge is -2.20. The lowest BCUT2D eigenvalue weighted by molar-refractivity contribution is -0.384. The van der Waals surface area contributed by atoms with Gasteiger partial charge in [0.15, 0.2) is 0 Å². The van der Waals surface area contributed by atoms with Crippen molar-refractivity contribution in [2.45, 2.75) is 13.0 Å². The molecule has 2 aromatic carbocycles. The lowest BCUT2D eigenvalue weighted by atomic mass is 10.1. The average molecular weight is 375 g/mol. The largest absolute Gasteiger partial charge is 0.425 e. The second-order valence-corrected chi connectivity index (χ2v) is 5.90. The molecule has 132 valence electrons. The Hall–Kier alpha value is -3.26. The van der Waals surface area contributed by atoms with Gasteiger partial charge in [-0.2, -0.15) is 0 Å². The molecule has 1 aliphatic rings. The van der Waals surface area contributed by atoms with Crippen LogP contribution >= 0.6 is 11.6 Å². The van der Waals surface area contributed by atoms with Crippen molar-refractivity contribution in [3.05, 3.63) is 68.7 Å². The van der Waals surface area contributed by atoms with Crippen LogP contribution in [-0.4, -0.2) is 33.6 Å². The van der Waals surface area contributed by atoms with Crippen molar-refractivity contribution in [2.24, 2.45) is 0 Å². The topological polar surface area (TPSA) is 107 Å². The predicted octanol–water partition coefficient (Wildman–Crippen LogP) is 2.84. The number of esters is 1. The van der Waals surface area contributed by atoms with Crippen LogP contribution in [0.4, 0.5) is 5.69 Å². The number of imide groups is 1. The van der Waals surface area contributed by atoms with E-state index in [4.69, 9.17) is 16.3 Å². The molecule has 0 spiro atoms. The quantitative estimate of drug-likeness (QED) is 0.268. The summed E-state index contributed by atoms with van der Waals surface area (Å²) in [5.74, 6) is -2.08. The highest BCUT2D eigenvalue weighted by Gasteiger charge is 2.41. The highest BCUT2D eigenvalue weighted by Crippen LogP contribution is 2.29. The Bertz CT molecular complexity index is 923. The SMILES string of the molecule is CC(C(=O)Oc1ccc([N+](=O)[O-])c(Cl)c1)N1C(=O)c2ccccc2C1=O. The Balaban J connectivity index is 1.79. The van der Waals surface area contributed by atoms with E-state index in [9.17, 15) is 24.5 Å². The number of fused-ring (bicyclic) bond motifs is 1. The van der Waals surface area contributed by atoms with Crippen LogP contribution in [0.25, 0.3) is 0 Å². The van der Waals surface area contributed by atoms with Crippen molar-refractivity contribution in [1.29, 1.82) is 0 Å². The number of hydrogen-bond acceptors (Lipinski definition) is 6. The number of rotatable bonds is 4. The zero-order valence-electron chi connectivity index (χ0n) is 13.3. The van der Waals surface area contributed by atoms with Gasteiger partial charge < -0.3 is 4.74 Å². The van der Waals surface area contributed by atoms with Crippen LogP contribution in [-0.2, 0) is 4.79 Å². The van der Waals surface area contributed by atoms with Gasteiger partial charge in [-0.15, -0.1) is 0 Å². The summed E-state index contributed by atoms with van der Waals surface area (Å²) < 4.78 is 5.11. The number of hydrogen-bond donors (Lipinski definition) is 0. The molecule has 2 aromatic rings. The second kappa shape index (κ2) is 6.57. The highest BCUT2D eigenvalue weighted by atomic mass is 35.5. The zero-order valence-corrected chi connectivity index (χ0v) is 14.1. The molecule has 1 unspecified atom stereocenters. The molecule has 0 bridgehead atoms. The normalized spacial score (nSPS) is 14.2. The van der Waals surface area contributed by atoms with Gasteiger partial charge >= 0.3 is 5.97 Å². The van der Waals surface area contributed by atoms with E-state index in [1.165, 1.54) is 25.1 Å². The third-order valence-electron chi connectivity index (χ3n) is 3.89. The number of carbonyl (C=O) groups is 3. The Labute approximate surface area is 152 Å². The van der Waals surface area contributed by atoms with Gasteiger partial charge in [0, 0.05) is 12.1 Å². The molecular weight excluding hydrogens is 364 g/mol. The van der Waals surface area contributed by atoms with E-state index < -0.39 is 28.7 Å². The molecule has 3 rings (SSSR count). The number of carbonyl (C=O) groups excluding carboxylic acids is 3. The first-order chi connectivity index (χ1) is 12.3. The summed E-state index contributed by atoms with van der Waals surface area (Å²) in [5.41, 5.74) is 0.103. The van der Waals surface area contributed by atoms with Gasteiger partial charge in [-0.3, -0.25) is 24.6 Å². The van der Waals surface area contributed by atoms with Crippen LogP contribution in [0.1, 0.15) is 27.6 Å². The van der Waals surface area contributed by atoms with Gasteiger partial charge in [0.25, 0.3) is 17.5 Å². The van der Waals surface area contributed by atoms with E-state index >= 15 is 0 Å². The molecular formula is C17H11ClN2O6. The van der Waals surface area contributed by atoms with Gasteiger partial charge in [-0.25, -0.2) is 4.79 Å². The fraction of sp³-hybridized carbons (Fsp3) is 0.118. The summed E-state index contributed by atoms with van der Waals surface area (Å²) in [4.78, 5) is 48.0. The van der Waals surface area contributed by atoms with Gasteiger partial charge in [-0.05, 0) is 25.1 Å². The first kappa shape index (κ1) is 17.6. The Morgan fingerprint density at radius 3 is 2.23 bits per heavy atom. The maximum atomic E-state index is 12.4. The van der Waals surface area contributed by atoms with Gasteiger partial charge in [0.05, 0.1) is 16.1 Å². The molecule has 8 nitrogen and oxygen atoms in total. The number of halogens is 1. The van der Waals surface area contributed by atoms with E-state index in [2.05, 4.69) is 0 Å². The molecule has 1 heterocycles. The molecule has 0 saturated heterocycles. The number of nitro benzene ring substituents is 1. The van der Waals surface area contributed by atoms with Gasteiger partial charge in [0.2, 0.25) is 0 Å². The molecule has 0 radical (unpaired) electrons. The predicted molar refractivity (Wildman–Crippen MR) is 90.1 cm³/mol. The molecule has 0 aliphatic carbocycles. The summed E-state index contributed by atoms with van der Waals surface area (Å²) in [6.45, 7) is 1.36. The number of benzene rings is 2. The standard InChI is InChI=1S/C17H11ClN2O6/c1-9(19-15(21)11-4-2-3-5-12(11)16(19)22)17(23)26-10-6-7-14(20(24)25)13(18)8-10/h2-9H,1H3. The minimum absolute atomic E-state index is 0.0333. The Kier molecular flexibility index (Phi) is 4.43. The molecule has 0 fully saturated rings. The van der Waals surface area contributed by atoms with Crippen LogP contribution in [0.2, 0.25) is 5.02 Å². The molecule has 1 aliphatic heterocycles. The first-order valence-electron chi connectivity index (χ1n) is 7.44. The fourth-order valence-electron chi connectivity index (χ4n) is 2.57.